The molecule has 0 aromatic heterocycles. The van der Waals surface area contributed by atoms with Crippen LogP contribution in [0.5, 0.6) is 0 Å². The number of aliphatic hydroxyl groups is 1. The Morgan fingerprint density at radius 2 is 2.33 bits per heavy atom. The first-order valence-corrected chi connectivity index (χ1v) is 5.44. The van der Waals surface area contributed by atoms with E-state index in [-0.39, 0.29) is 5.97 Å². The van der Waals surface area contributed by atoms with Crippen LogP contribution in [-0.2, 0) is 9.53 Å². The second-order valence-electron chi connectivity index (χ2n) is 4.51. The first kappa shape index (κ1) is 12.2. The minimum Gasteiger partial charge on any atom is -0.469 e. The Kier molecular flexibility index (Phi) is 3.91. The molecule has 1 aliphatic rings. The van der Waals surface area contributed by atoms with Gasteiger partial charge in [0.05, 0.1) is 18.6 Å². The van der Waals surface area contributed by atoms with Gasteiger partial charge in [-0.15, -0.1) is 6.58 Å². The highest BCUT2D eigenvalue weighted by Gasteiger charge is 2.48. The van der Waals surface area contributed by atoms with Crippen molar-refractivity contribution >= 4 is 5.97 Å². The maximum absolute atomic E-state index is 11.7. The van der Waals surface area contributed by atoms with Crippen molar-refractivity contribution in [3.05, 3.63) is 12.2 Å². The zero-order valence-corrected chi connectivity index (χ0v) is 9.58. The molecular formula is C12H20O3. The number of rotatable bonds is 4. The van der Waals surface area contributed by atoms with Crippen LogP contribution in [0, 0.1) is 5.41 Å². The number of methoxy groups -OCH3 is 1. The molecule has 3 nitrogen and oxygen atoms in total. The number of esters is 1. The number of hydrogen-bond donors (Lipinski definition) is 1. The van der Waals surface area contributed by atoms with Gasteiger partial charge in [-0.25, -0.2) is 0 Å². The average molecular weight is 212 g/mol. The first-order chi connectivity index (χ1) is 7.03. The van der Waals surface area contributed by atoms with Gasteiger partial charge in [-0.3, -0.25) is 4.79 Å². The van der Waals surface area contributed by atoms with E-state index in [1.54, 1.807) is 0 Å². The van der Waals surface area contributed by atoms with Gasteiger partial charge >= 0.3 is 5.97 Å². The number of hydrogen-bond acceptors (Lipinski definition) is 3. The smallest absolute Gasteiger partial charge is 0.314 e. The molecule has 1 fully saturated rings. The fourth-order valence-electron chi connectivity index (χ4n) is 2.33. The van der Waals surface area contributed by atoms with Gasteiger partial charge in [0.1, 0.15) is 0 Å². The van der Waals surface area contributed by atoms with Crippen molar-refractivity contribution in [1.29, 1.82) is 0 Å². The monoisotopic (exact) mass is 212 g/mol. The maximum atomic E-state index is 11.7. The number of allylic oxidation sites excluding steroid dienone is 1. The van der Waals surface area contributed by atoms with Gasteiger partial charge in [0.2, 0.25) is 0 Å². The fraction of sp³-hybridized carbons (Fsp3) is 0.750. The van der Waals surface area contributed by atoms with Crippen LogP contribution >= 0.6 is 0 Å². The molecule has 0 aromatic carbocycles. The van der Waals surface area contributed by atoms with Crippen molar-refractivity contribution in [2.45, 2.75) is 45.1 Å². The SMILES string of the molecule is C=C(C)CC[C@@]1(C(=O)OC)CCC[C@H]1O. The van der Waals surface area contributed by atoms with E-state index >= 15 is 0 Å². The van der Waals surface area contributed by atoms with Gasteiger partial charge in [-0.1, -0.05) is 5.57 Å². The lowest BCUT2D eigenvalue weighted by atomic mass is 9.79. The van der Waals surface area contributed by atoms with Crippen LogP contribution in [0.3, 0.4) is 0 Å². The minimum absolute atomic E-state index is 0.270. The van der Waals surface area contributed by atoms with Crippen molar-refractivity contribution in [2.75, 3.05) is 7.11 Å². The van der Waals surface area contributed by atoms with E-state index in [1.807, 2.05) is 6.92 Å². The molecule has 0 bridgehead atoms. The van der Waals surface area contributed by atoms with Crippen LogP contribution in [0.4, 0.5) is 0 Å². The van der Waals surface area contributed by atoms with Crippen molar-refractivity contribution in [3.63, 3.8) is 0 Å². The summed E-state index contributed by atoms with van der Waals surface area (Å²) in [7, 11) is 1.38. The predicted octanol–water partition coefficient (Wildman–Crippen LogP) is 2.05. The predicted molar refractivity (Wildman–Crippen MR) is 58.4 cm³/mol. The van der Waals surface area contributed by atoms with Gasteiger partial charge in [-0.05, 0) is 39.0 Å². The topological polar surface area (TPSA) is 46.5 Å². The Bertz CT molecular complexity index is 260. The largest absolute Gasteiger partial charge is 0.469 e. The van der Waals surface area contributed by atoms with E-state index in [4.69, 9.17) is 4.74 Å². The zero-order valence-electron chi connectivity index (χ0n) is 9.58. The maximum Gasteiger partial charge on any atom is 0.314 e. The zero-order chi connectivity index (χ0) is 11.5. The van der Waals surface area contributed by atoms with Gasteiger partial charge in [0.15, 0.2) is 0 Å². The summed E-state index contributed by atoms with van der Waals surface area (Å²) in [6, 6.07) is 0. The third-order valence-electron chi connectivity index (χ3n) is 3.33. The lowest BCUT2D eigenvalue weighted by Crippen LogP contribution is -2.39. The molecule has 86 valence electrons. The fourth-order valence-corrected chi connectivity index (χ4v) is 2.33. The average Bonchev–Trinajstić information content (AvgIpc) is 2.57. The molecule has 3 heteroatoms. The summed E-state index contributed by atoms with van der Waals surface area (Å²) in [5, 5.41) is 9.92. The van der Waals surface area contributed by atoms with E-state index in [9.17, 15) is 9.90 Å². The lowest BCUT2D eigenvalue weighted by Gasteiger charge is -2.29. The normalized spacial score (nSPS) is 30.2. The molecule has 1 N–H and O–H groups in total. The first-order valence-electron chi connectivity index (χ1n) is 5.44. The molecule has 0 spiro atoms. The number of carbonyl (C=O) groups excluding carboxylic acids is 1. The Labute approximate surface area is 91.1 Å². The van der Waals surface area contributed by atoms with E-state index < -0.39 is 11.5 Å². The molecule has 0 amide bonds. The summed E-state index contributed by atoms with van der Waals surface area (Å²) >= 11 is 0. The highest BCUT2D eigenvalue weighted by Crippen LogP contribution is 2.43. The number of aliphatic hydroxyl groups excluding tert-OH is 1. The standard InChI is InChI=1S/C12H20O3/c1-9(2)6-8-12(11(14)15-3)7-4-5-10(12)13/h10,13H,1,4-8H2,2-3H3/t10-,12+/m1/s1. The number of carbonyl (C=O) groups is 1. The van der Waals surface area contributed by atoms with E-state index in [0.717, 1.165) is 24.8 Å². The van der Waals surface area contributed by atoms with E-state index in [0.29, 0.717) is 12.8 Å². The van der Waals surface area contributed by atoms with Gasteiger partial charge in [0, 0.05) is 0 Å². The second kappa shape index (κ2) is 4.79. The lowest BCUT2D eigenvalue weighted by molar-refractivity contribution is -0.159. The van der Waals surface area contributed by atoms with Crippen molar-refractivity contribution in [1.82, 2.24) is 0 Å². The molecule has 0 saturated heterocycles. The quantitative estimate of drug-likeness (QED) is 0.573. The molecule has 15 heavy (non-hydrogen) atoms. The molecule has 0 unspecified atom stereocenters. The molecule has 1 aliphatic carbocycles. The Hall–Kier alpha value is -0.830. The Morgan fingerprint density at radius 3 is 2.73 bits per heavy atom. The van der Waals surface area contributed by atoms with Crippen molar-refractivity contribution in [3.8, 4) is 0 Å². The summed E-state index contributed by atoms with van der Waals surface area (Å²) in [6.07, 6.45) is 3.19. The van der Waals surface area contributed by atoms with Crippen molar-refractivity contribution < 1.29 is 14.6 Å². The van der Waals surface area contributed by atoms with Crippen molar-refractivity contribution in [2.24, 2.45) is 5.41 Å². The summed E-state index contributed by atoms with van der Waals surface area (Å²) in [4.78, 5) is 11.7. The van der Waals surface area contributed by atoms with Gasteiger partial charge < -0.3 is 9.84 Å². The third kappa shape index (κ3) is 2.40. The summed E-state index contributed by atoms with van der Waals surface area (Å²) in [5.74, 6) is -0.270. The minimum atomic E-state index is -0.673. The van der Waals surface area contributed by atoms with Crippen LogP contribution in [0.1, 0.15) is 39.0 Å². The van der Waals surface area contributed by atoms with E-state index in [1.165, 1.54) is 7.11 Å². The number of ether oxygens (including phenoxy) is 1. The van der Waals surface area contributed by atoms with Crippen LogP contribution in [-0.4, -0.2) is 24.3 Å². The third-order valence-corrected chi connectivity index (χ3v) is 3.33. The summed E-state index contributed by atoms with van der Waals surface area (Å²) in [5.41, 5.74) is 0.366. The Morgan fingerprint density at radius 1 is 1.67 bits per heavy atom. The molecule has 0 aliphatic heterocycles. The van der Waals surface area contributed by atoms with E-state index in [2.05, 4.69) is 6.58 Å². The summed E-state index contributed by atoms with van der Waals surface area (Å²) < 4.78 is 4.81. The van der Waals surface area contributed by atoms with Crippen LogP contribution < -0.4 is 0 Å². The molecular weight excluding hydrogens is 192 g/mol. The van der Waals surface area contributed by atoms with Gasteiger partial charge in [0.25, 0.3) is 0 Å². The second-order valence-corrected chi connectivity index (χ2v) is 4.51. The van der Waals surface area contributed by atoms with Crippen LogP contribution in [0.15, 0.2) is 12.2 Å². The Balaban J connectivity index is 2.76. The molecule has 2 atom stereocenters. The molecule has 0 radical (unpaired) electrons. The highest BCUT2D eigenvalue weighted by molar-refractivity contribution is 5.78. The van der Waals surface area contributed by atoms with Crippen LogP contribution in [0.25, 0.3) is 0 Å². The molecule has 1 saturated carbocycles. The van der Waals surface area contributed by atoms with Gasteiger partial charge in [-0.2, -0.15) is 0 Å². The molecule has 0 heterocycles. The summed E-state index contributed by atoms with van der Waals surface area (Å²) in [6.45, 7) is 5.76. The van der Waals surface area contributed by atoms with Crippen LogP contribution in [0.2, 0.25) is 0 Å². The highest BCUT2D eigenvalue weighted by atomic mass is 16.5. The molecule has 1 rings (SSSR count). The molecule has 0 aromatic rings.